The molecule has 0 bridgehead atoms. The highest BCUT2D eigenvalue weighted by Crippen LogP contribution is 2.44. The minimum absolute atomic E-state index is 0.0210. The number of alkyl carbamates (subject to hydrolysis) is 1. The second kappa shape index (κ2) is 10.5. The maximum Gasteiger partial charge on any atom is 0.407 e. The Kier molecular flexibility index (Phi) is 7.26. The van der Waals surface area contributed by atoms with E-state index in [0.29, 0.717) is 16.3 Å². The lowest BCUT2D eigenvalue weighted by Crippen LogP contribution is -2.28. The van der Waals surface area contributed by atoms with Gasteiger partial charge in [-0.3, -0.25) is 4.79 Å². The first kappa shape index (κ1) is 24.2. The highest BCUT2D eigenvalue weighted by atomic mass is 32.1. The molecular formula is C26H25N3O5S. The van der Waals surface area contributed by atoms with E-state index in [4.69, 9.17) is 9.84 Å². The van der Waals surface area contributed by atoms with Gasteiger partial charge in [-0.2, -0.15) is 0 Å². The summed E-state index contributed by atoms with van der Waals surface area (Å²) in [5, 5.41) is 15.0. The van der Waals surface area contributed by atoms with E-state index in [1.807, 2.05) is 24.3 Å². The molecule has 1 aliphatic rings. The number of hydrogen-bond donors (Lipinski definition) is 3. The Labute approximate surface area is 206 Å². The van der Waals surface area contributed by atoms with Crippen molar-refractivity contribution in [2.75, 3.05) is 13.2 Å². The Morgan fingerprint density at radius 3 is 2.29 bits per heavy atom. The number of carboxylic acid groups (broad SMARTS) is 1. The first-order valence-electron chi connectivity index (χ1n) is 11.1. The standard InChI is InChI=1S/C26H25N3O5S/c1-15(24(30)28-13-22-29-16(2)23(35-22)25(31)32)11-12-27-26(33)34-14-21-19-9-5-3-7-17(19)18-8-4-6-10-20(18)21/h3-11,21H,12-14H2,1-2H3,(H,27,33)(H,28,30)(H,31,32)/b15-11+. The van der Waals surface area contributed by atoms with E-state index in [0.717, 1.165) is 33.6 Å². The van der Waals surface area contributed by atoms with Crippen molar-refractivity contribution >= 4 is 29.3 Å². The molecule has 0 radical (unpaired) electrons. The number of carbonyl (C=O) groups excluding carboxylic acids is 2. The molecule has 0 atom stereocenters. The number of hydrogen-bond acceptors (Lipinski definition) is 6. The molecule has 2 amide bonds. The van der Waals surface area contributed by atoms with E-state index in [9.17, 15) is 14.4 Å². The van der Waals surface area contributed by atoms with Crippen LogP contribution in [0.4, 0.5) is 4.79 Å². The molecule has 0 spiro atoms. The number of aromatic nitrogens is 1. The van der Waals surface area contributed by atoms with E-state index in [2.05, 4.69) is 39.9 Å². The SMILES string of the molecule is C/C(=C\CNC(=O)OCC1c2ccccc2-c2ccccc21)C(=O)NCc1nc(C)c(C(=O)O)s1. The Balaban J connectivity index is 1.25. The van der Waals surface area contributed by atoms with Gasteiger partial charge in [-0.05, 0) is 36.1 Å². The predicted molar refractivity (Wildman–Crippen MR) is 132 cm³/mol. The molecule has 0 saturated carbocycles. The number of aryl methyl sites for hydroxylation is 1. The van der Waals surface area contributed by atoms with Gasteiger partial charge < -0.3 is 20.5 Å². The third-order valence-electron chi connectivity index (χ3n) is 5.79. The lowest BCUT2D eigenvalue weighted by molar-refractivity contribution is -0.117. The van der Waals surface area contributed by atoms with Crippen molar-refractivity contribution in [3.05, 3.63) is 86.9 Å². The van der Waals surface area contributed by atoms with Crippen molar-refractivity contribution in [2.24, 2.45) is 0 Å². The summed E-state index contributed by atoms with van der Waals surface area (Å²) in [5.74, 6) is -1.38. The fourth-order valence-electron chi connectivity index (χ4n) is 4.05. The van der Waals surface area contributed by atoms with E-state index < -0.39 is 12.1 Å². The molecule has 2 aromatic carbocycles. The number of ether oxygens (including phenoxy) is 1. The molecule has 180 valence electrons. The summed E-state index contributed by atoms with van der Waals surface area (Å²) in [5.41, 5.74) is 5.43. The molecule has 1 heterocycles. The smallest absolute Gasteiger partial charge is 0.407 e. The van der Waals surface area contributed by atoms with Crippen LogP contribution >= 0.6 is 11.3 Å². The lowest BCUT2D eigenvalue weighted by Gasteiger charge is -2.14. The predicted octanol–water partition coefficient (Wildman–Crippen LogP) is 4.25. The highest BCUT2D eigenvalue weighted by Gasteiger charge is 2.28. The molecule has 8 nitrogen and oxygen atoms in total. The zero-order chi connectivity index (χ0) is 24.9. The number of amides is 2. The molecule has 3 N–H and O–H groups in total. The maximum atomic E-state index is 12.3. The lowest BCUT2D eigenvalue weighted by atomic mass is 9.98. The molecule has 0 aliphatic heterocycles. The molecule has 0 fully saturated rings. The number of aromatic carboxylic acids is 1. The van der Waals surface area contributed by atoms with Gasteiger partial charge in [0.1, 0.15) is 16.5 Å². The van der Waals surface area contributed by atoms with Crippen LogP contribution in [0, 0.1) is 6.92 Å². The maximum absolute atomic E-state index is 12.3. The Morgan fingerprint density at radius 2 is 1.69 bits per heavy atom. The largest absolute Gasteiger partial charge is 0.477 e. The average Bonchev–Trinajstić information content (AvgIpc) is 3.38. The van der Waals surface area contributed by atoms with Crippen LogP contribution in [0.2, 0.25) is 0 Å². The van der Waals surface area contributed by atoms with Gasteiger partial charge in [0.25, 0.3) is 0 Å². The Morgan fingerprint density at radius 1 is 1.06 bits per heavy atom. The fourth-order valence-corrected chi connectivity index (χ4v) is 4.89. The molecule has 35 heavy (non-hydrogen) atoms. The van der Waals surface area contributed by atoms with Crippen LogP contribution in [-0.2, 0) is 16.1 Å². The first-order valence-corrected chi connectivity index (χ1v) is 11.9. The van der Waals surface area contributed by atoms with Crippen LogP contribution < -0.4 is 10.6 Å². The van der Waals surface area contributed by atoms with E-state index in [1.54, 1.807) is 19.9 Å². The number of fused-ring (bicyclic) bond motifs is 3. The van der Waals surface area contributed by atoms with Crippen molar-refractivity contribution in [3.8, 4) is 11.1 Å². The third kappa shape index (κ3) is 5.41. The topological polar surface area (TPSA) is 118 Å². The normalized spacial score (nSPS) is 12.6. The van der Waals surface area contributed by atoms with E-state index in [1.165, 1.54) is 0 Å². The zero-order valence-corrected chi connectivity index (χ0v) is 20.1. The van der Waals surface area contributed by atoms with Crippen LogP contribution in [0.15, 0.2) is 60.2 Å². The molecule has 1 aliphatic carbocycles. The van der Waals surface area contributed by atoms with Gasteiger partial charge in [-0.25, -0.2) is 14.6 Å². The summed E-state index contributed by atoms with van der Waals surface area (Å²) in [6.45, 7) is 3.72. The van der Waals surface area contributed by atoms with E-state index >= 15 is 0 Å². The second-order valence-corrected chi connectivity index (χ2v) is 9.19. The molecule has 3 aromatic rings. The van der Waals surface area contributed by atoms with Gasteiger partial charge in [0.15, 0.2) is 0 Å². The molecule has 9 heteroatoms. The van der Waals surface area contributed by atoms with Gasteiger partial charge in [0.2, 0.25) is 5.91 Å². The summed E-state index contributed by atoms with van der Waals surface area (Å²) in [7, 11) is 0. The van der Waals surface area contributed by atoms with Crippen molar-refractivity contribution in [2.45, 2.75) is 26.3 Å². The van der Waals surface area contributed by atoms with Gasteiger partial charge in [0.05, 0.1) is 12.2 Å². The minimum Gasteiger partial charge on any atom is -0.477 e. The number of rotatable bonds is 8. The number of carboxylic acids is 1. The summed E-state index contributed by atoms with van der Waals surface area (Å²) >= 11 is 1.03. The van der Waals surface area contributed by atoms with E-state index in [-0.39, 0.29) is 36.4 Å². The van der Waals surface area contributed by atoms with Crippen LogP contribution in [0.5, 0.6) is 0 Å². The summed E-state index contributed by atoms with van der Waals surface area (Å²) in [4.78, 5) is 40.0. The number of thiazole rings is 1. The molecule has 0 saturated heterocycles. The minimum atomic E-state index is -1.03. The van der Waals surface area contributed by atoms with Crippen molar-refractivity contribution in [1.29, 1.82) is 0 Å². The summed E-state index contributed by atoms with van der Waals surface area (Å²) in [6.07, 6.45) is 1.03. The van der Waals surface area contributed by atoms with Gasteiger partial charge in [-0.15, -0.1) is 11.3 Å². The van der Waals surface area contributed by atoms with Crippen LogP contribution in [0.1, 0.15) is 44.3 Å². The van der Waals surface area contributed by atoms with Crippen LogP contribution in [-0.4, -0.2) is 41.2 Å². The molecular weight excluding hydrogens is 466 g/mol. The van der Waals surface area contributed by atoms with Crippen molar-refractivity contribution < 1.29 is 24.2 Å². The van der Waals surface area contributed by atoms with Gasteiger partial charge in [-0.1, -0.05) is 54.6 Å². The Bertz CT molecular complexity index is 1270. The van der Waals surface area contributed by atoms with Crippen molar-refractivity contribution in [1.82, 2.24) is 15.6 Å². The number of carbonyl (C=O) groups is 3. The molecule has 0 unspecified atom stereocenters. The van der Waals surface area contributed by atoms with Gasteiger partial charge in [0, 0.05) is 18.0 Å². The fraction of sp³-hybridized carbons (Fsp3) is 0.231. The monoisotopic (exact) mass is 491 g/mol. The number of benzene rings is 2. The molecule has 4 rings (SSSR count). The zero-order valence-electron chi connectivity index (χ0n) is 19.3. The van der Waals surface area contributed by atoms with Gasteiger partial charge >= 0.3 is 12.1 Å². The quantitative estimate of drug-likeness (QED) is 0.406. The van der Waals surface area contributed by atoms with Crippen LogP contribution in [0.3, 0.4) is 0 Å². The number of nitrogens with one attached hydrogen (secondary N) is 2. The first-order chi connectivity index (χ1) is 16.8. The molecule has 1 aromatic heterocycles. The number of nitrogens with zero attached hydrogens (tertiary/aromatic N) is 1. The second-order valence-electron chi connectivity index (χ2n) is 8.10. The Hall–Kier alpha value is -3.98. The van der Waals surface area contributed by atoms with Crippen LogP contribution in [0.25, 0.3) is 11.1 Å². The van der Waals surface area contributed by atoms with Crippen molar-refractivity contribution in [3.63, 3.8) is 0 Å². The average molecular weight is 492 g/mol. The highest BCUT2D eigenvalue weighted by molar-refractivity contribution is 7.13. The third-order valence-corrected chi connectivity index (χ3v) is 6.94. The summed E-state index contributed by atoms with van der Waals surface area (Å²) in [6, 6.07) is 16.2. The summed E-state index contributed by atoms with van der Waals surface area (Å²) < 4.78 is 5.49.